The molecule has 1 aromatic heterocycles. The van der Waals surface area contributed by atoms with Crippen molar-refractivity contribution >= 4 is 21.9 Å². The van der Waals surface area contributed by atoms with Gasteiger partial charge in [-0.15, -0.1) is 0 Å². The summed E-state index contributed by atoms with van der Waals surface area (Å²) in [6.07, 6.45) is 0. The Morgan fingerprint density at radius 2 is 1.81 bits per heavy atom. The Morgan fingerprint density at radius 1 is 1.10 bits per heavy atom. The molecule has 3 N–H and O–H groups in total. The third kappa shape index (κ3) is 1.69. The van der Waals surface area contributed by atoms with Crippen LogP contribution in [0.4, 0.5) is 0 Å². The molecule has 0 aliphatic carbocycles. The van der Waals surface area contributed by atoms with Gasteiger partial charge in [0.15, 0.2) is 22.8 Å². The monoisotopic (exact) mass is 288 g/mol. The van der Waals surface area contributed by atoms with Crippen LogP contribution in [0.15, 0.2) is 27.4 Å². The smallest absolute Gasteiger partial charge is 0.208 e. The summed E-state index contributed by atoms with van der Waals surface area (Å²) in [5.74, 6) is -0.965. The van der Waals surface area contributed by atoms with E-state index in [1.54, 1.807) is 6.92 Å². The largest absolute Gasteiger partial charge is 0.507 e. The first-order chi connectivity index (χ1) is 9.95. The van der Waals surface area contributed by atoms with Crippen LogP contribution in [0.5, 0.6) is 23.0 Å². The number of aryl methyl sites for hydroxylation is 1. The second kappa shape index (κ2) is 4.31. The lowest BCUT2D eigenvalue weighted by molar-refractivity contribution is 0.403. The van der Waals surface area contributed by atoms with E-state index in [1.165, 1.54) is 25.3 Å². The van der Waals surface area contributed by atoms with Crippen LogP contribution in [-0.4, -0.2) is 22.4 Å². The number of rotatable bonds is 1. The van der Waals surface area contributed by atoms with Crippen LogP contribution in [0, 0.1) is 6.92 Å². The van der Waals surface area contributed by atoms with Crippen molar-refractivity contribution in [2.45, 2.75) is 6.92 Å². The number of phenolic OH excluding ortho intramolecular Hbond substituents is 3. The van der Waals surface area contributed by atoms with Gasteiger partial charge in [-0.3, -0.25) is 4.79 Å². The van der Waals surface area contributed by atoms with Gasteiger partial charge < -0.3 is 24.5 Å². The van der Waals surface area contributed by atoms with E-state index in [-0.39, 0.29) is 33.4 Å². The highest BCUT2D eigenvalue weighted by atomic mass is 16.5. The first-order valence-corrected chi connectivity index (χ1v) is 6.13. The lowest BCUT2D eigenvalue weighted by atomic mass is 10.1. The van der Waals surface area contributed by atoms with Gasteiger partial charge in [0, 0.05) is 0 Å². The maximum atomic E-state index is 12.5. The number of hydrogen-bond donors (Lipinski definition) is 3. The van der Waals surface area contributed by atoms with Crippen molar-refractivity contribution in [3.05, 3.63) is 34.0 Å². The normalized spacial score (nSPS) is 11.1. The van der Waals surface area contributed by atoms with Gasteiger partial charge in [-0.05, 0) is 30.7 Å². The average molecular weight is 288 g/mol. The second-order valence-corrected chi connectivity index (χ2v) is 4.69. The van der Waals surface area contributed by atoms with Crippen molar-refractivity contribution in [1.82, 2.24) is 0 Å². The van der Waals surface area contributed by atoms with E-state index >= 15 is 0 Å². The number of hydrogen-bond acceptors (Lipinski definition) is 6. The highest BCUT2D eigenvalue weighted by molar-refractivity contribution is 5.99. The predicted molar refractivity (Wildman–Crippen MR) is 76.3 cm³/mol. The standard InChI is InChI=1S/C15H12O6/c1-6-5-9-11(14(19)12(6)17)13(18)10-7(16)3-4-8(20-2)15(10)21-9/h3-5,16-17,19H,1-2H3. The Morgan fingerprint density at radius 3 is 2.48 bits per heavy atom. The van der Waals surface area contributed by atoms with Gasteiger partial charge in [-0.25, -0.2) is 0 Å². The van der Waals surface area contributed by atoms with E-state index in [1.807, 2.05) is 0 Å². The Balaban J connectivity index is 2.66. The van der Waals surface area contributed by atoms with Crippen molar-refractivity contribution < 1.29 is 24.5 Å². The minimum Gasteiger partial charge on any atom is -0.507 e. The number of phenols is 3. The maximum absolute atomic E-state index is 12.5. The number of ether oxygens (including phenoxy) is 1. The van der Waals surface area contributed by atoms with Gasteiger partial charge in [0.2, 0.25) is 5.43 Å². The molecule has 108 valence electrons. The Bertz CT molecular complexity index is 939. The van der Waals surface area contributed by atoms with E-state index in [4.69, 9.17) is 9.15 Å². The average Bonchev–Trinajstić information content (AvgIpc) is 2.45. The lowest BCUT2D eigenvalue weighted by Crippen LogP contribution is -2.04. The molecular weight excluding hydrogens is 276 g/mol. The van der Waals surface area contributed by atoms with Gasteiger partial charge in [-0.1, -0.05) is 0 Å². The zero-order valence-electron chi connectivity index (χ0n) is 11.3. The van der Waals surface area contributed by atoms with E-state index in [9.17, 15) is 20.1 Å². The van der Waals surface area contributed by atoms with Crippen LogP contribution in [0.2, 0.25) is 0 Å². The number of benzene rings is 2. The number of fused-ring (bicyclic) bond motifs is 2. The fourth-order valence-electron chi connectivity index (χ4n) is 2.33. The van der Waals surface area contributed by atoms with Gasteiger partial charge in [0.05, 0.1) is 7.11 Å². The van der Waals surface area contributed by atoms with Crippen molar-refractivity contribution in [3.8, 4) is 23.0 Å². The summed E-state index contributed by atoms with van der Waals surface area (Å²) in [6.45, 7) is 1.57. The van der Waals surface area contributed by atoms with Gasteiger partial charge in [-0.2, -0.15) is 0 Å². The molecule has 0 atom stereocenters. The molecule has 6 heteroatoms. The molecule has 0 radical (unpaired) electrons. The molecule has 0 bridgehead atoms. The minimum absolute atomic E-state index is 0.0829. The van der Waals surface area contributed by atoms with Crippen molar-refractivity contribution in [3.63, 3.8) is 0 Å². The van der Waals surface area contributed by atoms with Crippen molar-refractivity contribution in [2.24, 2.45) is 0 Å². The molecule has 21 heavy (non-hydrogen) atoms. The lowest BCUT2D eigenvalue weighted by Gasteiger charge is -2.10. The maximum Gasteiger partial charge on any atom is 0.208 e. The van der Waals surface area contributed by atoms with Crippen LogP contribution in [0.3, 0.4) is 0 Å². The predicted octanol–water partition coefficient (Wildman–Crippen LogP) is 2.38. The molecule has 0 fully saturated rings. The summed E-state index contributed by atoms with van der Waals surface area (Å²) in [4.78, 5) is 12.5. The highest BCUT2D eigenvalue weighted by Crippen LogP contribution is 2.39. The Hall–Kier alpha value is -2.89. The molecule has 0 spiro atoms. The summed E-state index contributed by atoms with van der Waals surface area (Å²) >= 11 is 0. The van der Waals surface area contributed by atoms with Crippen LogP contribution in [-0.2, 0) is 0 Å². The Labute approximate surface area is 118 Å². The van der Waals surface area contributed by atoms with Gasteiger partial charge in [0.25, 0.3) is 0 Å². The molecular formula is C15H12O6. The molecule has 3 aromatic rings. The zero-order chi connectivity index (χ0) is 15.3. The number of aromatic hydroxyl groups is 3. The number of methoxy groups -OCH3 is 1. The summed E-state index contributed by atoms with van der Waals surface area (Å²) in [5, 5.41) is 29.3. The molecule has 0 aliphatic rings. The second-order valence-electron chi connectivity index (χ2n) is 4.69. The van der Waals surface area contributed by atoms with E-state index in [0.29, 0.717) is 5.56 Å². The third-order valence-electron chi connectivity index (χ3n) is 3.41. The third-order valence-corrected chi connectivity index (χ3v) is 3.41. The van der Waals surface area contributed by atoms with E-state index in [0.717, 1.165) is 0 Å². The van der Waals surface area contributed by atoms with Crippen molar-refractivity contribution in [2.75, 3.05) is 7.11 Å². The van der Waals surface area contributed by atoms with Crippen LogP contribution >= 0.6 is 0 Å². The molecule has 0 aliphatic heterocycles. The molecule has 0 saturated carbocycles. The minimum atomic E-state index is -0.643. The summed E-state index contributed by atoms with van der Waals surface area (Å²) in [5.41, 5.74) is -0.0965. The SMILES string of the molecule is COc1ccc(O)c2c(=O)c3c(O)c(O)c(C)cc3oc12. The highest BCUT2D eigenvalue weighted by Gasteiger charge is 2.20. The summed E-state index contributed by atoms with van der Waals surface area (Å²) in [7, 11) is 1.41. The Kier molecular flexibility index (Phi) is 2.69. The summed E-state index contributed by atoms with van der Waals surface area (Å²) in [6, 6.07) is 4.21. The fourth-order valence-corrected chi connectivity index (χ4v) is 2.33. The van der Waals surface area contributed by atoms with Gasteiger partial charge >= 0.3 is 0 Å². The molecule has 1 heterocycles. The van der Waals surface area contributed by atoms with Crippen LogP contribution < -0.4 is 10.2 Å². The quantitative estimate of drug-likeness (QED) is 0.469. The van der Waals surface area contributed by atoms with Crippen LogP contribution in [0.1, 0.15) is 5.56 Å². The van der Waals surface area contributed by atoms with E-state index in [2.05, 4.69) is 0 Å². The molecule has 0 amide bonds. The van der Waals surface area contributed by atoms with Gasteiger partial charge in [0.1, 0.15) is 22.1 Å². The molecule has 3 rings (SSSR count). The first kappa shape index (κ1) is 13.1. The molecule has 0 unspecified atom stereocenters. The summed E-state index contributed by atoms with van der Waals surface area (Å²) < 4.78 is 10.7. The first-order valence-electron chi connectivity index (χ1n) is 6.13. The van der Waals surface area contributed by atoms with Crippen molar-refractivity contribution in [1.29, 1.82) is 0 Å². The van der Waals surface area contributed by atoms with E-state index < -0.39 is 16.9 Å². The topological polar surface area (TPSA) is 100 Å². The van der Waals surface area contributed by atoms with Crippen LogP contribution in [0.25, 0.3) is 21.9 Å². The molecule has 6 nitrogen and oxygen atoms in total. The molecule has 0 saturated heterocycles. The fraction of sp³-hybridized carbons (Fsp3) is 0.133. The molecule has 2 aromatic carbocycles. The zero-order valence-corrected chi connectivity index (χ0v) is 11.3.